The largest absolute Gasteiger partial charge is 0.349 e. The third-order valence-electron chi connectivity index (χ3n) is 1.34. The molecule has 0 aliphatic heterocycles. The van der Waals surface area contributed by atoms with Gasteiger partial charge in [-0.3, -0.25) is 9.89 Å². The predicted octanol–water partition coefficient (Wildman–Crippen LogP) is -0.159. The number of carbonyl (C=O) groups is 1. The van der Waals surface area contributed by atoms with Crippen molar-refractivity contribution in [2.45, 2.75) is 6.42 Å². The standard InChI is InChI=1S/C7H10N3O/c1-10(2)7(11)3-6-4-8-9-5-6/h4H,3H2,1-2H3,(H,8,9). The molecule has 1 radical (unpaired) electrons. The van der Waals surface area contributed by atoms with E-state index in [0.29, 0.717) is 6.42 Å². The zero-order chi connectivity index (χ0) is 8.27. The fourth-order valence-corrected chi connectivity index (χ4v) is 0.658. The summed E-state index contributed by atoms with van der Waals surface area (Å²) in [6.45, 7) is 0. The maximum absolute atomic E-state index is 11.1. The van der Waals surface area contributed by atoms with E-state index in [-0.39, 0.29) is 5.91 Å². The molecule has 0 aliphatic carbocycles. The molecule has 0 aliphatic rings. The molecule has 0 aromatic carbocycles. The molecule has 1 aromatic rings. The second kappa shape index (κ2) is 3.18. The van der Waals surface area contributed by atoms with E-state index in [0.717, 1.165) is 5.56 Å². The maximum Gasteiger partial charge on any atom is 0.226 e. The second-order valence-electron chi connectivity index (χ2n) is 2.49. The number of carbonyl (C=O) groups excluding carboxylic acids is 1. The van der Waals surface area contributed by atoms with Crippen LogP contribution in [0.4, 0.5) is 0 Å². The van der Waals surface area contributed by atoms with Crippen LogP contribution in [-0.2, 0) is 11.2 Å². The Morgan fingerprint density at radius 1 is 1.82 bits per heavy atom. The van der Waals surface area contributed by atoms with Crippen LogP contribution in [0.1, 0.15) is 5.56 Å². The molecule has 0 bridgehead atoms. The molecule has 59 valence electrons. The molecule has 0 saturated carbocycles. The Morgan fingerprint density at radius 3 is 3.00 bits per heavy atom. The number of nitrogens with zero attached hydrogens (tertiary/aromatic N) is 2. The first kappa shape index (κ1) is 7.78. The zero-order valence-electron chi connectivity index (χ0n) is 6.59. The highest BCUT2D eigenvalue weighted by atomic mass is 16.2. The van der Waals surface area contributed by atoms with E-state index in [1.165, 1.54) is 0 Å². The molecule has 0 spiro atoms. The van der Waals surface area contributed by atoms with Crippen LogP contribution in [0.3, 0.4) is 0 Å². The van der Waals surface area contributed by atoms with Crippen LogP contribution >= 0.6 is 0 Å². The highest BCUT2D eigenvalue weighted by Gasteiger charge is 2.05. The van der Waals surface area contributed by atoms with Gasteiger partial charge in [-0.2, -0.15) is 5.10 Å². The normalized spacial score (nSPS) is 9.64. The van der Waals surface area contributed by atoms with Crippen LogP contribution in [0.25, 0.3) is 0 Å². The predicted molar refractivity (Wildman–Crippen MR) is 39.8 cm³/mol. The number of amides is 1. The van der Waals surface area contributed by atoms with Crippen molar-refractivity contribution in [1.82, 2.24) is 15.1 Å². The maximum atomic E-state index is 11.1. The first-order chi connectivity index (χ1) is 5.20. The summed E-state index contributed by atoms with van der Waals surface area (Å²) in [7, 11) is 3.45. The van der Waals surface area contributed by atoms with Gasteiger partial charge in [0.25, 0.3) is 0 Å². The van der Waals surface area contributed by atoms with Gasteiger partial charge < -0.3 is 4.90 Å². The number of aromatic amines is 1. The van der Waals surface area contributed by atoms with E-state index in [4.69, 9.17) is 0 Å². The summed E-state index contributed by atoms with van der Waals surface area (Å²) in [5.74, 6) is 0.0580. The molecule has 1 amide bonds. The van der Waals surface area contributed by atoms with Crippen LogP contribution < -0.4 is 0 Å². The van der Waals surface area contributed by atoms with Crippen molar-refractivity contribution in [3.8, 4) is 0 Å². The lowest BCUT2D eigenvalue weighted by Gasteiger charge is -2.07. The fourth-order valence-electron chi connectivity index (χ4n) is 0.658. The van der Waals surface area contributed by atoms with Gasteiger partial charge in [-0.05, 0) is 0 Å². The smallest absolute Gasteiger partial charge is 0.226 e. The highest BCUT2D eigenvalue weighted by Crippen LogP contribution is 1.95. The number of nitrogens with one attached hydrogen (secondary N) is 1. The first-order valence-electron chi connectivity index (χ1n) is 3.30. The van der Waals surface area contributed by atoms with E-state index >= 15 is 0 Å². The Morgan fingerprint density at radius 2 is 2.55 bits per heavy atom. The first-order valence-corrected chi connectivity index (χ1v) is 3.30. The monoisotopic (exact) mass is 152 g/mol. The quantitative estimate of drug-likeness (QED) is 0.640. The molecule has 1 N–H and O–H groups in total. The fraction of sp³-hybridized carbons (Fsp3) is 0.429. The lowest BCUT2D eigenvalue weighted by molar-refractivity contribution is -0.127. The summed E-state index contributed by atoms with van der Waals surface area (Å²) in [6, 6.07) is 0. The van der Waals surface area contributed by atoms with Crippen LogP contribution in [0.2, 0.25) is 0 Å². The summed E-state index contributed by atoms with van der Waals surface area (Å²) >= 11 is 0. The molecular formula is C7H10N3O. The molecular weight excluding hydrogens is 142 g/mol. The molecule has 11 heavy (non-hydrogen) atoms. The number of likely N-dealkylation sites (N-methyl/N-ethyl adjacent to an activating group) is 1. The summed E-state index contributed by atoms with van der Waals surface area (Å²) in [5, 5.41) is 6.21. The van der Waals surface area contributed by atoms with Crippen molar-refractivity contribution in [1.29, 1.82) is 0 Å². The lowest BCUT2D eigenvalue weighted by atomic mass is 10.2. The zero-order valence-corrected chi connectivity index (χ0v) is 6.59. The van der Waals surface area contributed by atoms with E-state index < -0.39 is 0 Å². The molecule has 4 heteroatoms. The Labute approximate surface area is 65.2 Å². The number of rotatable bonds is 2. The van der Waals surface area contributed by atoms with Crippen molar-refractivity contribution in [2.24, 2.45) is 0 Å². The minimum absolute atomic E-state index is 0.0580. The number of hydrogen-bond donors (Lipinski definition) is 1. The number of aromatic nitrogens is 2. The lowest BCUT2D eigenvalue weighted by Crippen LogP contribution is -2.23. The van der Waals surface area contributed by atoms with Crippen molar-refractivity contribution in [3.05, 3.63) is 18.0 Å². The van der Waals surface area contributed by atoms with Gasteiger partial charge in [-0.25, -0.2) is 0 Å². The Hall–Kier alpha value is -1.32. The van der Waals surface area contributed by atoms with Crippen LogP contribution in [0, 0.1) is 6.20 Å². The highest BCUT2D eigenvalue weighted by molar-refractivity contribution is 5.77. The average Bonchev–Trinajstić information content (AvgIpc) is 2.39. The van der Waals surface area contributed by atoms with Gasteiger partial charge in [0, 0.05) is 25.9 Å². The summed E-state index contributed by atoms with van der Waals surface area (Å²) in [5.41, 5.74) is 0.795. The van der Waals surface area contributed by atoms with E-state index in [2.05, 4.69) is 16.4 Å². The van der Waals surface area contributed by atoms with Gasteiger partial charge in [0.15, 0.2) is 0 Å². The van der Waals surface area contributed by atoms with E-state index in [1.807, 2.05) is 0 Å². The molecule has 4 nitrogen and oxygen atoms in total. The molecule has 1 aromatic heterocycles. The van der Waals surface area contributed by atoms with Crippen LogP contribution in [-0.4, -0.2) is 35.1 Å². The minimum Gasteiger partial charge on any atom is -0.349 e. The number of H-pyrrole nitrogens is 1. The third-order valence-corrected chi connectivity index (χ3v) is 1.34. The van der Waals surface area contributed by atoms with Gasteiger partial charge in [-0.15, -0.1) is 0 Å². The van der Waals surface area contributed by atoms with Crippen molar-refractivity contribution >= 4 is 5.91 Å². The molecule has 0 fully saturated rings. The Kier molecular flexibility index (Phi) is 2.25. The van der Waals surface area contributed by atoms with Crippen molar-refractivity contribution in [3.63, 3.8) is 0 Å². The SMILES string of the molecule is CN(C)C(=O)Cc1[c]n[nH]c1. The van der Waals surface area contributed by atoms with Gasteiger partial charge in [0.1, 0.15) is 6.20 Å². The summed E-state index contributed by atoms with van der Waals surface area (Å²) < 4.78 is 0. The van der Waals surface area contributed by atoms with Crippen LogP contribution in [0.5, 0.6) is 0 Å². The average molecular weight is 152 g/mol. The van der Waals surface area contributed by atoms with Gasteiger partial charge in [0.05, 0.1) is 6.42 Å². The van der Waals surface area contributed by atoms with Gasteiger partial charge >= 0.3 is 0 Å². The Bertz CT molecular complexity index is 228. The summed E-state index contributed by atoms with van der Waals surface area (Å²) in [4.78, 5) is 12.6. The molecule has 0 atom stereocenters. The van der Waals surface area contributed by atoms with E-state index in [1.54, 1.807) is 25.2 Å². The third kappa shape index (κ3) is 2.07. The number of hydrogen-bond acceptors (Lipinski definition) is 2. The second-order valence-corrected chi connectivity index (χ2v) is 2.49. The van der Waals surface area contributed by atoms with E-state index in [9.17, 15) is 4.79 Å². The molecule has 1 rings (SSSR count). The topological polar surface area (TPSA) is 49.0 Å². The van der Waals surface area contributed by atoms with Gasteiger partial charge in [0.2, 0.25) is 5.91 Å². The minimum atomic E-state index is 0.0580. The molecule has 0 saturated heterocycles. The molecule has 1 heterocycles. The van der Waals surface area contributed by atoms with Gasteiger partial charge in [-0.1, -0.05) is 0 Å². The van der Waals surface area contributed by atoms with Crippen LogP contribution in [0.15, 0.2) is 6.20 Å². The van der Waals surface area contributed by atoms with Crippen molar-refractivity contribution < 1.29 is 4.79 Å². The molecule has 0 unspecified atom stereocenters. The van der Waals surface area contributed by atoms with Crippen molar-refractivity contribution in [2.75, 3.05) is 14.1 Å². The summed E-state index contributed by atoms with van der Waals surface area (Å²) in [6.07, 6.45) is 4.70. The Balaban J connectivity index is 2.50.